The number of benzene rings is 1. The maximum Gasteiger partial charge on any atom is 0.174 e. The molecule has 0 fully saturated rings. The third-order valence-electron chi connectivity index (χ3n) is 1.84. The molecular formula is C11H13IO3. The van der Waals surface area contributed by atoms with Crippen LogP contribution in [0, 0.1) is 3.57 Å². The summed E-state index contributed by atoms with van der Waals surface area (Å²) < 4.78 is 11.6. The molecule has 0 radical (unpaired) electrons. The quantitative estimate of drug-likeness (QED) is 0.618. The summed E-state index contributed by atoms with van der Waals surface area (Å²) in [6, 6.07) is 3.46. The molecule has 1 rings (SSSR count). The molecular weight excluding hydrogens is 307 g/mol. The Morgan fingerprint density at radius 1 is 1.47 bits per heavy atom. The van der Waals surface area contributed by atoms with Crippen molar-refractivity contribution in [2.45, 2.75) is 13.3 Å². The van der Waals surface area contributed by atoms with Crippen molar-refractivity contribution < 1.29 is 14.3 Å². The van der Waals surface area contributed by atoms with Gasteiger partial charge in [-0.2, -0.15) is 0 Å². The number of rotatable bonds is 5. The monoisotopic (exact) mass is 320 g/mol. The summed E-state index contributed by atoms with van der Waals surface area (Å²) in [5, 5.41) is 0. The molecule has 1 aromatic rings. The number of ether oxygens (including phenoxy) is 2. The summed E-state index contributed by atoms with van der Waals surface area (Å²) in [5.41, 5.74) is 0.597. The molecule has 1 aromatic carbocycles. The first-order valence-corrected chi connectivity index (χ1v) is 5.76. The van der Waals surface area contributed by atoms with E-state index in [9.17, 15) is 4.79 Å². The van der Waals surface area contributed by atoms with Crippen molar-refractivity contribution in [3.63, 3.8) is 0 Å². The van der Waals surface area contributed by atoms with E-state index in [-0.39, 0.29) is 0 Å². The second kappa shape index (κ2) is 5.95. The van der Waals surface area contributed by atoms with Crippen molar-refractivity contribution >= 4 is 28.9 Å². The maximum atomic E-state index is 10.7. The van der Waals surface area contributed by atoms with Crippen LogP contribution >= 0.6 is 22.6 Å². The first-order valence-electron chi connectivity index (χ1n) is 4.68. The molecule has 0 aliphatic heterocycles. The van der Waals surface area contributed by atoms with E-state index < -0.39 is 0 Å². The second-order valence-electron chi connectivity index (χ2n) is 3.00. The van der Waals surface area contributed by atoms with Crippen molar-refractivity contribution in [3.05, 3.63) is 21.3 Å². The SMILES string of the molecule is CCCOc1c(I)cc(C=O)cc1OC. The summed E-state index contributed by atoms with van der Waals surface area (Å²) in [5.74, 6) is 1.32. The molecule has 82 valence electrons. The molecule has 0 saturated carbocycles. The van der Waals surface area contributed by atoms with E-state index >= 15 is 0 Å². The van der Waals surface area contributed by atoms with Gasteiger partial charge in [-0.25, -0.2) is 0 Å². The Balaban J connectivity index is 3.06. The Morgan fingerprint density at radius 2 is 2.20 bits per heavy atom. The van der Waals surface area contributed by atoms with Crippen LogP contribution in [0.4, 0.5) is 0 Å². The predicted molar refractivity (Wildman–Crippen MR) is 66.9 cm³/mol. The molecule has 0 amide bonds. The minimum Gasteiger partial charge on any atom is -0.493 e. The fourth-order valence-corrected chi connectivity index (χ4v) is 1.93. The molecule has 0 aromatic heterocycles. The lowest BCUT2D eigenvalue weighted by Gasteiger charge is -2.12. The Labute approximate surface area is 103 Å². The third-order valence-corrected chi connectivity index (χ3v) is 2.64. The van der Waals surface area contributed by atoms with Gasteiger partial charge in [0.15, 0.2) is 11.5 Å². The van der Waals surface area contributed by atoms with Gasteiger partial charge in [-0.15, -0.1) is 0 Å². The molecule has 0 heterocycles. The number of carbonyl (C=O) groups is 1. The largest absolute Gasteiger partial charge is 0.493 e. The summed E-state index contributed by atoms with van der Waals surface area (Å²) in [6.45, 7) is 2.69. The van der Waals surface area contributed by atoms with Gasteiger partial charge in [0, 0.05) is 5.56 Å². The highest BCUT2D eigenvalue weighted by Crippen LogP contribution is 2.33. The molecule has 0 atom stereocenters. The Bertz CT molecular complexity index is 350. The summed E-state index contributed by atoms with van der Waals surface area (Å²) >= 11 is 2.13. The van der Waals surface area contributed by atoms with E-state index in [1.165, 1.54) is 0 Å². The molecule has 0 aliphatic rings. The van der Waals surface area contributed by atoms with Gasteiger partial charge in [-0.3, -0.25) is 4.79 Å². The zero-order valence-electron chi connectivity index (χ0n) is 8.75. The molecule has 0 bridgehead atoms. The fourth-order valence-electron chi connectivity index (χ4n) is 1.15. The third kappa shape index (κ3) is 3.09. The molecule has 0 unspecified atom stereocenters. The number of aldehydes is 1. The molecule has 4 heteroatoms. The summed E-state index contributed by atoms with van der Waals surface area (Å²) in [4.78, 5) is 10.7. The Kier molecular flexibility index (Phi) is 4.87. The van der Waals surface area contributed by atoms with Gasteiger partial charge < -0.3 is 9.47 Å². The van der Waals surface area contributed by atoms with Gasteiger partial charge in [0.1, 0.15) is 6.29 Å². The zero-order valence-corrected chi connectivity index (χ0v) is 10.9. The fraction of sp³-hybridized carbons (Fsp3) is 0.364. The van der Waals surface area contributed by atoms with Gasteiger partial charge in [0.25, 0.3) is 0 Å². The van der Waals surface area contributed by atoms with E-state index in [1.807, 2.05) is 6.92 Å². The zero-order chi connectivity index (χ0) is 11.3. The van der Waals surface area contributed by atoms with Crippen LogP contribution in [0.1, 0.15) is 23.7 Å². The highest BCUT2D eigenvalue weighted by atomic mass is 127. The Hall–Kier alpha value is -0.780. The lowest BCUT2D eigenvalue weighted by atomic mass is 10.2. The molecule has 15 heavy (non-hydrogen) atoms. The van der Waals surface area contributed by atoms with Crippen molar-refractivity contribution in [2.75, 3.05) is 13.7 Å². The number of hydrogen-bond donors (Lipinski definition) is 0. The number of hydrogen-bond acceptors (Lipinski definition) is 3. The van der Waals surface area contributed by atoms with E-state index in [0.29, 0.717) is 23.7 Å². The minimum absolute atomic E-state index is 0.597. The van der Waals surface area contributed by atoms with Crippen molar-refractivity contribution in [2.24, 2.45) is 0 Å². The van der Waals surface area contributed by atoms with E-state index in [0.717, 1.165) is 16.3 Å². The average Bonchev–Trinajstić information content (AvgIpc) is 2.26. The summed E-state index contributed by atoms with van der Waals surface area (Å²) in [7, 11) is 1.57. The van der Waals surface area contributed by atoms with E-state index in [2.05, 4.69) is 22.6 Å². The van der Waals surface area contributed by atoms with Gasteiger partial charge >= 0.3 is 0 Å². The topological polar surface area (TPSA) is 35.5 Å². The smallest absolute Gasteiger partial charge is 0.174 e. The van der Waals surface area contributed by atoms with Crippen molar-refractivity contribution in [1.29, 1.82) is 0 Å². The lowest BCUT2D eigenvalue weighted by molar-refractivity contribution is 0.112. The predicted octanol–water partition coefficient (Wildman–Crippen LogP) is 2.90. The van der Waals surface area contributed by atoms with Gasteiger partial charge in [0.05, 0.1) is 17.3 Å². The van der Waals surface area contributed by atoms with Crippen LogP contribution in [0.3, 0.4) is 0 Å². The maximum absolute atomic E-state index is 10.7. The standard InChI is InChI=1S/C11H13IO3/c1-3-4-15-11-9(12)5-8(7-13)6-10(11)14-2/h5-7H,3-4H2,1-2H3. The van der Waals surface area contributed by atoms with Gasteiger partial charge in [0.2, 0.25) is 0 Å². The molecule has 0 N–H and O–H groups in total. The number of methoxy groups -OCH3 is 1. The van der Waals surface area contributed by atoms with E-state index in [4.69, 9.17) is 9.47 Å². The second-order valence-corrected chi connectivity index (χ2v) is 4.16. The van der Waals surface area contributed by atoms with Gasteiger partial charge in [-0.05, 0) is 41.1 Å². The average molecular weight is 320 g/mol. The van der Waals surface area contributed by atoms with E-state index in [1.54, 1.807) is 19.2 Å². The van der Waals surface area contributed by atoms with Crippen LogP contribution in [0.15, 0.2) is 12.1 Å². The van der Waals surface area contributed by atoms with Crippen LogP contribution in [0.25, 0.3) is 0 Å². The van der Waals surface area contributed by atoms with Gasteiger partial charge in [-0.1, -0.05) is 6.92 Å². The minimum atomic E-state index is 0.597. The van der Waals surface area contributed by atoms with Crippen molar-refractivity contribution in [1.82, 2.24) is 0 Å². The summed E-state index contributed by atoms with van der Waals surface area (Å²) in [6.07, 6.45) is 1.74. The molecule has 3 nitrogen and oxygen atoms in total. The first-order chi connectivity index (χ1) is 7.22. The molecule has 0 saturated heterocycles. The molecule has 0 spiro atoms. The molecule has 0 aliphatic carbocycles. The van der Waals surface area contributed by atoms with Crippen LogP contribution in [-0.2, 0) is 0 Å². The lowest BCUT2D eigenvalue weighted by Crippen LogP contribution is -2.00. The number of carbonyl (C=O) groups excluding carboxylic acids is 1. The van der Waals surface area contributed by atoms with Crippen LogP contribution < -0.4 is 9.47 Å². The van der Waals surface area contributed by atoms with Crippen LogP contribution in [0.2, 0.25) is 0 Å². The first kappa shape index (κ1) is 12.3. The normalized spacial score (nSPS) is 9.80. The van der Waals surface area contributed by atoms with Crippen LogP contribution in [0.5, 0.6) is 11.5 Å². The Morgan fingerprint density at radius 3 is 2.73 bits per heavy atom. The highest BCUT2D eigenvalue weighted by Gasteiger charge is 2.10. The van der Waals surface area contributed by atoms with Crippen molar-refractivity contribution in [3.8, 4) is 11.5 Å². The number of halogens is 1. The highest BCUT2D eigenvalue weighted by molar-refractivity contribution is 14.1. The van der Waals surface area contributed by atoms with Crippen LogP contribution in [-0.4, -0.2) is 20.0 Å².